The number of nitrogens with one attached hydrogen (secondary N) is 1. The van der Waals surface area contributed by atoms with Crippen molar-refractivity contribution >= 4 is 22.5 Å². The van der Waals surface area contributed by atoms with Crippen LogP contribution in [0, 0.1) is 10.1 Å². The van der Waals surface area contributed by atoms with E-state index in [2.05, 4.69) is 20.0 Å². The average Bonchev–Trinajstić information content (AvgIpc) is 3.24. The van der Waals surface area contributed by atoms with Crippen molar-refractivity contribution in [3.8, 4) is 0 Å². The molecule has 1 aliphatic carbocycles. The fourth-order valence-corrected chi connectivity index (χ4v) is 4.82. The summed E-state index contributed by atoms with van der Waals surface area (Å²) in [6.07, 6.45) is 10.5. The molecule has 0 aromatic carbocycles. The molecule has 1 aliphatic heterocycles. The van der Waals surface area contributed by atoms with Crippen LogP contribution in [-0.2, 0) is 0 Å². The molecule has 0 bridgehead atoms. The van der Waals surface area contributed by atoms with Gasteiger partial charge in [0.15, 0.2) is 5.65 Å². The van der Waals surface area contributed by atoms with Gasteiger partial charge in [0.2, 0.25) is 0 Å². The van der Waals surface area contributed by atoms with Crippen LogP contribution in [0.15, 0.2) is 29.3 Å². The highest BCUT2D eigenvalue weighted by Gasteiger charge is 2.26. The van der Waals surface area contributed by atoms with E-state index in [0.717, 1.165) is 32.2 Å². The summed E-state index contributed by atoms with van der Waals surface area (Å²) in [6, 6.07) is 3.46. The molecule has 2 aliphatic rings. The van der Waals surface area contributed by atoms with Gasteiger partial charge in [0.25, 0.3) is 11.2 Å². The van der Waals surface area contributed by atoms with Gasteiger partial charge in [-0.2, -0.15) is 5.10 Å². The van der Waals surface area contributed by atoms with E-state index in [1.807, 2.05) is 4.68 Å². The van der Waals surface area contributed by atoms with Crippen molar-refractivity contribution in [2.75, 3.05) is 18.0 Å². The lowest BCUT2D eigenvalue weighted by Crippen LogP contribution is -2.36. The molecule has 3 aromatic rings. The van der Waals surface area contributed by atoms with Gasteiger partial charge in [-0.1, -0.05) is 19.3 Å². The molecule has 162 valence electrons. The maximum atomic E-state index is 12.8. The third kappa shape index (κ3) is 3.77. The smallest absolute Gasteiger partial charge is 0.287 e. The summed E-state index contributed by atoms with van der Waals surface area (Å²) >= 11 is 0. The number of pyridine rings is 1. The Kier molecular flexibility index (Phi) is 5.13. The minimum Gasteiger partial charge on any atom is -0.356 e. The number of hydrogen-bond acceptors (Lipinski definition) is 7. The summed E-state index contributed by atoms with van der Waals surface area (Å²) in [5, 5.41) is 15.9. The van der Waals surface area contributed by atoms with E-state index in [4.69, 9.17) is 4.98 Å². The van der Waals surface area contributed by atoms with E-state index in [0.29, 0.717) is 35.3 Å². The summed E-state index contributed by atoms with van der Waals surface area (Å²) in [6.45, 7) is 1.46. The molecule has 31 heavy (non-hydrogen) atoms. The minimum atomic E-state index is -0.449. The van der Waals surface area contributed by atoms with Crippen molar-refractivity contribution in [1.29, 1.82) is 0 Å². The highest BCUT2D eigenvalue weighted by molar-refractivity contribution is 5.73. The number of aromatic nitrogens is 5. The average molecular weight is 423 g/mol. The number of H-pyrrole nitrogens is 1. The second-order valence-electron chi connectivity index (χ2n) is 8.49. The third-order valence-corrected chi connectivity index (χ3v) is 6.48. The zero-order valence-corrected chi connectivity index (χ0v) is 17.2. The van der Waals surface area contributed by atoms with Crippen molar-refractivity contribution in [2.24, 2.45) is 0 Å². The molecule has 1 saturated carbocycles. The van der Waals surface area contributed by atoms with Crippen LogP contribution in [0.4, 0.5) is 11.5 Å². The highest BCUT2D eigenvalue weighted by Crippen LogP contribution is 2.31. The van der Waals surface area contributed by atoms with Gasteiger partial charge in [0.05, 0.1) is 17.2 Å². The van der Waals surface area contributed by atoms with Crippen molar-refractivity contribution in [3.63, 3.8) is 0 Å². The zero-order valence-electron chi connectivity index (χ0n) is 17.2. The molecule has 10 heteroatoms. The molecule has 0 amide bonds. The van der Waals surface area contributed by atoms with E-state index in [-0.39, 0.29) is 17.2 Å². The molecular formula is C21H25N7O3. The number of nitrogens with zero attached hydrogens (tertiary/aromatic N) is 6. The van der Waals surface area contributed by atoms with Crippen molar-refractivity contribution in [1.82, 2.24) is 24.7 Å². The van der Waals surface area contributed by atoms with E-state index in [1.54, 1.807) is 12.3 Å². The molecule has 10 nitrogen and oxygen atoms in total. The summed E-state index contributed by atoms with van der Waals surface area (Å²) < 4.78 is 1.95. The number of aromatic amines is 1. The normalized spacial score (nSPS) is 20.3. The van der Waals surface area contributed by atoms with Gasteiger partial charge in [-0.25, -0.2) is 14.6 Å². The number of nitro groups is 1. The number of piperidine rings is 1. The second kappa shape index (κ2) is 8.09. The van der Waals surface area contributed by atoms with E-state index < -0.39 is 4.92 Å². The van der Waals surface area contributed by atoms with Crippen LogP contribution in [0.1, 0.15) is 62.7 Å². The van der Waals surface area contributed by atoms with Crippen LogP contribution in [0.2, 0.25) is 0 Å². The molecular weight excluding hydrogens is 398 g/mol. The van der Waals surface area contributed by atoms with Crippen molar-refractivity contribution in [3.05, 3.63) is 50.8 Å². The predicted molar refractivity (Wildman–Crippen MR) is 115 cm³/mol. The van der Waals surface area contributed by atoms with Crippen LogP contribution < -0.4 is 10.5 Å². The SMILES string of the molecule is O=c1[nH]c(C2CCCN(c3ccc([N+](=O)[O-])cn3)C2)nc2c1cnn2C1CCCCC1. The summed E-state index contributed by atoms with van der Waals surface area (Å²) in [4.78, 5) is 37.4. The Labute approximate surface area is 178 Å². The van der Waals surface area contributed by atoms with Gasteiger partial charge in [-0.3, -0.25) is 14.9 Å². The standard InChI is InChI=1S/C21H25N7O3/c29-21-17-12-23-27(15-6-2-1-3-7-15)20(17)24-19(25-21)14-5-4-10-26(13-14)18-9-8-16(11-22-18)28(30)31/h8-9,11-12,14-15H,1-7,10,13H2,(H,24,25,29). The Hall–Kier alpha value is -3.30. The van der Waals surface area contributed by atoms with Crippen LogP contribution >= 0.6 is 0 Å². The molecule has 0 radical (unpaired) electrons. The molecule has 0 spiro atoms. The molecule has 1 unspecified atom stereocenters. The number of anilines is 1. The highest BCUT2D eigenvalue weighted by atomic mass is 16.6. The largest absolute Gasteiger partial charge is 0.356 e. The molecule has 2 fully saturated rings. The van der Waals surface area contributed by atoms with Gasteiger partial charge >= 0.3 is 0 Å². The summed E-state index contributed by atoms with van der Waals surface area (Å²) in [5.74, 6) is 1.44. The monoisotopic (exact) mass is 423 g/mol. The van der Waals surface area contributed by atoms with Crippen LogP contribution in [0.3, 0.4) is 0 Å². The lowest BCUT2D eigenvalue weighted by Gasteiger charge is -2.33. The van der Waals surface area contributed by atoms with E-state index >= 15 is 0 Å². The second-order valence-corrected chi connectivity index (χ2v) is 8.49. The quantitative estimate of drug-likeness (QED) is 0.504. The predicted octanol–water partition coefficient (Wildman–Crippen LogP) is 3.31. The number of hydrogen-bond donors (Lipinski definition) is 1. The Bertz CT molecular complexity index is 1150. The lowest BCUT2D eigenvalue weighted by molar-refractivity contribution is -0.385. The number of fused-ring (bicyclic) bond motifs is 1. The van der Waals surface area contributed by atoms with Gasteiger partial charge in [-0.15, -0.1) is 0 Å². The first-order valence-electron chi connectivity index (χ1n) is 10.9. The third-order valence-electron chi connectivity index (χ3n) is 6.48. The Morgan fingerprint density at radius 2 is 1.94 bits per heavy atom. The Morgan fingerprint density at radius 1 is 1.10 bits per heavy atom. The Balaban J connectivity index is 1.43. The lowest BCUT2D eigenvalue weighted by atomic mass is 9.95. The zero-order chi connectivity index (χ0) is 21.4. The molecule has 1 N–H and O–H groups in total. The maximum Gasteiger partial charge on any atom is 0.287 e. The van der Waals surface area contributed by atoms with Gasteiger partial charge in [0.1, 0.15) is 23.2 Å². The fourth-order valence-electron chi connectivity index (χ4n) is 4.82. The van der Waals surface area contributed by atoms with Crippen LogP contribution in [0.5, 0.6) is 0 Å². The van der Waals surface area contributed by atoms with Crippen LogP contribution in [0.25, 0.3) is 11.0 Å². The topological polar surface area (TPSA) is 123 Å². The maximum absolute atomic E-state index is 12.8. The van der Waals surface area contributed by atoms with Gasteiger partial charge in [0, 0.05) is 25.1 Å². The molecule has 3 aromatic heterocycles. The molecule has 1 saturated heterocycles. The first-order valence-corrected chi connectivity index (χ1v) is 10.9. The molecule has 4 heterocycles. The van der Waals surface area contributed by atoms with E-state index in [1.165, 1.54) is 31.5 Å². The first-order chi connectivity index (χ1) is 15.1. The van der Waals surface area contributed by atoms with Crippen molar-refractivity contribution < 1.29 is 4.92 Å². The van der Waals surface area contributed by atoms with Crippen LogP contribution in [-0.4, -0.2) is 42.7 Å². The van der Waals surface area contributed by atoms with Gasteiger partial charge < -0.3 is 9.88 Å². The molecule has 5 rings (SSSR count). The number of rotatable bonds is 4. The van der Waals surface area contributed by atoms with E-state index in [9.17, 15) is 14.9 Å². The summed E-state index contributed by atoms with van der Waals surface area (Å²) in [5.41, 5.74) is 0.508. The molecule has 1 atom stereocenters. The first kappa shape index (κ1) is 19.7. The minimum absolute atomic E-state index is 0.0234. The Morgan fingerprint density at radius 3 is 2.68 bits per heavy atom. The fraction of sp³-hybridized carbons (Fsp3) is 0.524. The van der Waals surface area contributed by atoms with Crippen molar-refractivity contribution in [2.45, 2.75) is 56.9 Å². The van der Waals surface area contributed by atoms with Gasteiger partial charge in [-0.05, 0) is 31.7 Å². The summed E-state index contributed by atoms with van der Waals surface area (Å²) in [7, 11) is 0.